The summed E-state index contributed by atoms with van der Waals surface area (Å²) >= 11 is 0. The molecule has 33 heavy (non-hydrogen) atoms. The molecule has 1 heterocycles. The summed E-state index contributed by atoms with van der Waals surface area (Å²) in [6, 6.07) is 4.19. The third-order valence-electron chi connectivity index (χ3n) is 4.69. The average Bonchev–Trinajstić information content (AvgIpc) is 3.51. The lowest BCUT2D eigenvalue weighted by Gasteiger charge is -2.22. The number of hydrogen-bond donors (Lipinski definition) is 3. The van der Waals surface area contributed by atoms with E-state index >= 15 is 0 Å². The first-order valence-electron chi connectivity index (χ1n) is 10.5. The first kappa shape index (κ1) is 24.6. The molecule has 0 saturated heterocycles. The van der Waals surface area contributed by atoms with Crippen molar-refractivity contribution in [1.29, 1.82) is 0 Å². The van der Waals surface area contributed by atoms with Gasteiger partial charge in [0.1, 0.15) is 28.8 Å². The van der Waals surface area contributed by atoms with Crippen molar-refractivity contribution in [2.45, 2.75) is 63.9 Å². The summed E-state index contributed by atoms with van der Waals surface area (Å²) < 4.78 is 50.6. The number of carbonyl (C=O) groups is 1. The minimum atomic E-state index is -4.57. The smallest absolute Gasteiger partial charge is 0.421 e. The van der Waals surface area contributed by atoms with Crippen LogP contribution in [0, 0.1) is 0 Å². The summed E-state index contributed by atoms with van der Waals surface area (Å²) in [4.78, 5) is 20.0. The number of methoxy groups -OCH3 is 1. The molecule has 180 valence electrons. The van der Waals surface area contributed by atoms with E-state index in [1.807, 2.05) is 0 Å². The number of ether oxygens (including phenoxy) is 2. The third-order valence-corrected chi connectivity index (χ3v) is 4.69. The maximum atomic E-state index is 13.3. The molecule has 1 aromatic carbocycles. The Bertz CT molecular complexity index is 1000. The van der Waals surface area contributed by atoms with E-state index in [2.05, 4.69) is 20.6 Å². The highest BCUT2D eigenvalue weighted by Gasteiger charge is 2.37. The van der Waals surface area contributed by atoms with Crippen LogP contribution >= 0.6 is 0 Å². The maximum Gasteiger partial charge on any atom is 0.421 e. The largest absolute Gasteiger partial charge is 0.495 e. The molecular weight excluding hydrogens is 439 g/mol. The van der Waals surface area contributed by atoms with E-state index in [-0.39, 0.29) is 24.2 Å². The van der Waals surface area contributed by atoms with E-state index in [4.69, 9.17) is 15.2 Å². The number of nitrogens with zero attached hydrogens (tertiary/aromatic N) is 2. The lowest BCUT2D eigenvalue weighted by molar-refractivity contribution is -0.156. The monoisotopic (exact) mass is 467 g/mol. The Morgan fingerprint density at radius 3 is 2.55 bits per heavy atom. The minimum Gasteiger partial charge on any atom is -0.495 e. The molecule has 0 aliphatic heterocycles. The molecular formula is C22H28F3N5O3. The van der Waals surface area contributed by atoms with Crippen LogP contribution in [0.25, 0.3) is 0 Å². The fourth-order valence-corrected chi connectivity index (χ4v) is 2.98. The predicted molar refractivity (Wildman–Crippen MR) is 117 cm³/mol. The SMILES string of the molecule is COc1cc(C[C@H](N)C(=O)OC(C)(C)C)ccc1Nc1ncc(C(F)(F)F)c(NC2CC2)n1. The number of rotatable bonds is 8. The Hall–Kier alpha value is -3.08. The molecule has 11 heteroatoms. The van der Waals surface area contributed by atoms with Crippen LogP contribution in [-0.2, 0) is 22.1 Å². The molecule has 0 unspecified atom stereocenters. The molecule has 0 radical (unpaired) electrons. The molecule has 1 saturated carbocycles. The molecule has 2 aromatic rings. The zero-order chi connectivity index (χ0) is 24.4. The standard InChI is InChI=1S/C22H28F3N5O3/c1-21(2,3)33-19(31)15(26)9-12-5-8-16(17(10-12)32-4)29-20-27-11-14(22(23,24)25)18(30-20)28-13-6-7-13/h5,8,10-11,13,15H,6-7,9,26H2,1-4H3,(H2,27,28,29,30)/t15-/m0/s1. The molecule has 8 nitrogen and oxygen atoms in total. The van der Waals surface area contributed by atoms with E-state index in [0.29, 0.717) is 11.4 Å². The summed E-state index contributed by atoms with van der Waals surface area (Å²) in [5, 5.41) is 5.70. The number of nitrogens with one attached hydrogen (secondary N) is 2. The zero-order valence-electron chi connectivity index (χ0n) is 18.9. The number of benzene rings is 1. The van der Waals surface area contributed by atoms with Crippen molar-refractivity contribution in [2.75, 3.05) is 17.7 Å². The highest BCUT2D eigenvalue weighted by atomic mass is 19.4. The Balaban J connectivity index is 1.77. The Morgan fingerprint density at radius 2 is 1.97 bits per heavy atom. The van der Waals surface area contributed by atoms with Gasteiger partial charge in [0, 0.05) is 12.2 Å². The van der Waals surface area contributed by atoms with Gasteiger partial charge in [-0.2, -0.15) is 18.2 Å². The lowest BCUT2D eigenvalue weighted by Crippen LogP contribution is -2.38. The fraction of sp³-hybridized carbons (Fsp3) is 0.500. The summed E-state index contributed by atoms with van der Waals surface area (Å²) in [5.41, 5.74) is 5.58. The van der Waals surface area contributed by atoms with Gasteiger partial charge in [0.05, 0.1) is 12.8 Å². The molecule has 3 rings (SSSR count). The van der Waals surface area contributed by atoms with Crippen LogP contribution in [0.5, 0.6) is 5.75 Å². The molecule has 4 N–H and O–H groups in total. The van der Waals surface area contributed by atoms with Gasteiger partial charge in [-0.3, -0.25) is 4.79 Å². The third kappa shape index (κ3) is 6.95. The first-order chi connectivity index (χ1) is 15.4. The Morgan fingerprint density at radius 1 is 1.27 bits per heavy atom. The van der Waals surface area contributed by atoms with Crippen molar-refractivity contribution >= 4 is 23.4 Å². The number of carbonyl (C=O) groups excluding carboxylic acids is 1. The average molecular weight is 467 g/mol. The summed E-state index contributed by atoms with van der Waals surface area (Å²) in [7, 11) is 1.45. The van der Waals surface area contributed by atoms with Gasteiger partial charge in [-0.25, -0.2) is 4.98 Å². The number of esters is 1. The first-order valence-corrected chi connectivity index (χ1v) is 10.5. The van der Waals surface area contributed by atoms with Crippen molar-refractivity contribution in [3.05, 3.63) is 35.5 Å². The topological polar surface area (TPSA) is 111 Å². The number of alkyl halides is 3. The summed E-state index contributed by atoms with van der Waals surface area (Å²) in [5.74, 6) is -0.398. The van der Waals surface area contributed by atoms with Gasteiger partial charge >= 0.3 is 12.1 Å². The molecule has 1 aliphatic rings. The molecule has 0 bridgehead atoms. The van der Waals surface area contributed by atoms with Gasteiger partial charge in [-0.15, -0.1) is 0 Å². The number of anilines is 3. The van der Waals surface area contributed by atoms with E-state index in [0.717, 1.165) is 24.6 Å². The van der Waals surface area contributed by atoms with Gasteiger partial charge in [0.25, 0.3) is 0 Å². The van der Waals surface area contributed by atoms with Crippen molar-refractivity contribution < 1.29 is 27.4 Å². The van der Waals surface area contributed by atoms with Crippen LogP contribution in [0.1, 0.15) is 44.7 Å². The normalized spacial score (nSPS) is 15.0. The highest BCUT2D eigenvalue weighted by Crippen LogP contribution is 2.37. The Kier molecular flexibility index (Phi) is 7.01. The molecule has 1 atom stereocenters. The van der Waals surface area contributed by atoms with Crippen LogP contribution in [-0.4, -0.2) is 40.7 Å². The molecule has 1 aliphatic carbocycles. The molecule has 1 fully saturated rings. The Labute approximate surface area is 190 Å². The lowest BCUT2D eigenvalue weighted by atomic mass is 10.1. The highest BCUT2D eigenvalue weighted by molar-refractivity contribution is 5.76. The fourth-order valence-electron chi connectivity index (χ4n) is 2.98. The summed E-state index contributed by atoms with van der Waals surface area (Å²) in [6.45, 7) is 5.28. The minimum absolute atomic E-state index is 0.0114. The second-order valence-corrected chi connectivity index (χ2v) is 8.88. The van der Waals surface area contributed by atoms with Crippen molar-refractivity contribution in [3.63, 3.8) is 0 Å². The molecule has 0 amide bonds. The van der Waals surface area contributed by atoms with Gasteiger partial charge in [-0.05, 0) is 57.7 Å². The van der Waals surface area contributed by atoms with Crippen LogP contribution in [0.4, 0.5) is 30.6 Å². The second kappa shape index (κ2) is 9.42. The van der Waals surface area contributed by atoms with Gasteiger partial charge < -0.3 is 25.8 Å². The van der Waals surface area contributed by atoms with E-state index < -0.39 is 29.4 Å². The molecule has 0 spiro atoms. The van der Waals surface area contributed by atoms with Gasteiger partial charge in [0.15, 0.2) is 0 Å². The number of halogens is 3. The van der Waals surface area contributed by atoms with Crippen LogP contribution in [0.3, 0.4) is 0 Å². The van der Waals surface area contributed by atoms with E-state index in [9.17, 15) is 18.0 Å². The zero-order valence-corrected chi connectivity index (χ0v) is 18.9. The van der Waals surface area contributed by atoms with Crippen molar-refractivity contribution in [2.24, 2.45) is 5.73 Å². The van der Waals surface area contributed by atoms with E-state index in [1.54, 1.807) is 39.0 Å². The second-order valence-electron chi connectivity index (χ2n) is 8.88. The van der Waals surface area contributed by atoms with Crippen LogP contribution in [0.2, 0.25) is 0 Å². The van der Waals surface area contributed by atoms with Gasteiger partial charge in [0.2, 0.25) is 5.95 Å². The van der Waals surface area contributed by atoms with Crippen LogP contribution < -0.4 is 21.1 Å². The predicted octanol–water partition coefficient (Wildman–Crippen LogP) is 4.03. The molecule has 1 aromatic heterocycles. The number of aromatic nitrogens is 2. The quantitative estimate of drug-likeness (QED) is 0.499. The van der Waals surface area contributed by atoms with Gasteiger partial charge in [-0.1, -0.05) is 6.07 Å². The maximum absolute atomic E-state index is 13.3. The number of hydrogen-bond acceptors (Lipinski definition) is 8. The van der Waals surface area contributed by atoms with E-state index in [1.165, 1.54) is 7.11 Å². The van der Waals surface area contributed by atoms with Crippen molar-refractivity contribution in [1.82, 2.24) is 9.97 Å². The number of nitrogens with two attached hydrogens (primary N) is 1. The van der Waals surface area contributed by atoms with Crippen molar-refractivity contribution in [3.8, 4) is 5.75 Å². The van der Waals surface area contributed by atoms with Crippen LogP contribution in [0.15, 0.2) is 24.4 Å². The summed E-state index contributed by atoms with van der Waals surface area (Å²) in [6.07, 6.45) is -2.00.